The molecule has 0 aliphatic carbocycles. The number of nitrogen functional groups attached to an aromatic ring is 1. The molecule has 4 rings (SSSR count). The maximum atomic E-state index is 15.2. The number of halogens is 3. The highest BCUT2D eigenvalue weighted by molar-refractivity contribution is 7.92. The summed E-state index contributed by atoms with van der Waals surface area (Å²) >= 11 is 0. The minimum Gasteiger partial charge on any atom is -0.494 e. The number of nitrogens with one attached hydrogen (secondary N) is 1. The molecule has 0 fully saturated rings. The van der Waals surface area contributed by atoms with Crippen molar-refractivity contribution < 1.29 is 26.3 Å². The van der Waals surface area contributed by atoms with Gasteiger partial charge in [-0.3, -0.25) is 4.72 Å². The summed E-state index contributed by atoms with van der Waals surface area (Å²) < 4.78 is 75.6. The number of hydrogen-bond acceptors (Lipinski definition) is 6. The van der Waals surface area contributed by atoms with Gasteiger partial charge in [-0.05, 0) is 42.0 Å². The Balaban J connectivity index is 1.76. The third-order valence-corrected chi connectivity index (χ3v) is 6.02. The minimum absolute atomic E-state index is 0.0523. The highest BCUT2D eigenvalue weighted by Crippen LogP contribution is 2.33. The third-order valence-electron chi connectivity index (χ3n) is 4.66. The van der Waals surface area contributed by atoms with E-state index in [1.54, 1.807) is 0 Å². The molecule has 32 heavy (non-hydrogen) atoms. The van der Waals surface area contributed by atoms with E-state index in [1.165, 1.54) is 31.5 Å². The van der Waals surface area contributed by atoms with Gasteiger partial charge in [-0.15, -0.1) is 0 Å². The van der Waals surface area contributed by atoms with E-state index in [9.17, 15) is 17.2 Å². The number of fused-ring (bicyclic) bond motifs is 1. The molecule has 3 N–H and O–H groups in total. The fraction of sp³-hybridized carbons (Fsp3) is 0.0476. The zero-order chi connectivity index (χ0) is 23.0. The standard InChI is InChI=1S/C21H15F3N4O3S/c1-31-18-9-13(3-4-14(18)22)32(29,30)28-17-7-5-15(23)19(20(17)24)11-2-6-16-12(8-11)10-26-21(25)27-16/h2-10,28H,1H3,(H2,25,26,27). The summed E-state index contributed by atoms with van der Waals surface area (Å²) in [5.41, 5.74) is 5.23. The number of benzene rings is 3. The molecule has 164 valence electrons. The molecule has 0 atom stereocenters. The van der Waals surface area contributed by atoms with Crippen LogP contribution in [-0.4, -0.2) is 25.5 Å². The van der Waals surface area contributed by atoms with Gasteiger partial charge in [-0.25, -0.2) is 31.6 Å². The predicted molar refractivity (Wildman–Crippen MR) is 113 cm³/mol. The van der Waals surface area contributed by atoms with Gasteiger partial charge < -0.3 is 10.5 Å². The van der Waals surface area contributed by atoms with Crippen molar-refractivity contribution in [3.63, 3.8) is 0 Å². The van der Waals surface area contributed by atoms with E-state index in [-0.39, 0.29) is 22.2 Å². The largest absolute Gasteiger partial charge is 0.494 e. The van der Waals surface area contributed by atoms with E-state index in [2.05, 4.69) is 14.7 Å². The van der Waals surface area contributed by atoms with Crippen LogP contribution in [0.4, 0.5) is 24.8 Å². The molecule has 1 heterocycles. The number of anilines is 2. The Morgan fingerprint density at radius 2 is 1.75 bits per heavy atom. The second-order valence-electron chi connectivity index (χ2n) is 6.69. The molecule has 3 aromatic carbocycles. The number of rotatable bonds is 5. The molecule has 11 heteroatoms. The van der Waals surface area contributed by atoms with E-state index in [0.29, 0.717) is 10.9 Å². The van der Waals surface area contributed by atoms with E-state index in [1.807, 2.05) is 0 Å². The summed E-state index contributed by atoms with van der Waals surface area (Å²) in [5, 5.41) is 0.486. The van der Waals surface area contributed by atoms with Gasteiger partial charge in [0.2, 0.25) is 5.95 Å². The Morgan fingerprint density at radius 3 is 2.50 bits per heavy atom. The van der Waals surface area contributed by atoms with Crippen LogP contribution in [-0.2, 0) is 10.0 Å². The molecule has 0 bridgehead atoms. The second-order valence-corrected chi connectivity index (χ2v) is 8.37. The number of hydrogen-bond donors (Lipinski definition) is 2. The first kappa shape index (κ1) is 21.4. The predicted octanol–water partition coefficient (Wildman–Crippen LogP) is 4.11. The van der Waals surface area contributed by atoms with Crippen LogP contribution in [0, 0.1) is 17.5 Å². The van der Waals surface area contributed by atoms with Crippen molar-refractivity contribution in [2.24, 2.45) is 0 Å². The number of methoxy groups -OCH3 is 1. The first-order chi connectivity index (χ1) is 15.2. The van der Waals surface area contributed by atoms with E-state index < -0.39 is 38.7 Å². The zero-order valence-corrected chi connectivity index (χ0v) is 17.3. The van der Waals surface area contributed by atoms with Crippen molar-refractivity contribution in [1.82, 2.24) is 9.97 Å². The molecule has 4 aromatic rings. The van der Waals surface area contributed by atoms with Gasteiger partial charge in [0, 0.05) is 17.6 Å². The van der Waals surface area contributed by atoms with Crippen LogP contribution in [0.5, 0.6) is 5.75 Å². The average Bonchev–Trinajstić information content (AvgIpc) is 2.76. The fourth-order valence-electron chi connectivity index (χ4n) is 3.11. The van der Waals surface area contributed by atoms with Crippen LogP contribution >= 0.6 is 0 Å². The Bertz CT molecular complexity index is 1460. The molecule has 0 saturated carbocycles. The molecule has 0 spiro atoms. The van der Waals surface area contributed by atoms with Crippen LogP contribution in [0.15, 0.2) is 59.6 Å². The van der Waals surface area contributed by atoms with Gasteiger partial charge in [0.25, 0.3) is 10.0 Å². The Morgan fingerprint density at radius 1 is 1.00 bits per heavy atom. The van der Waals surface area contributed by atoms with Crippen LogP contribution in [0.2, 0.25) is 0 Å². The second kappa shape index (κ2) is 8.00. The van der Waals surface area contributed by atoms with Crippen molar-refractivity contribution in [2.45, 2.75) is 4.90 Å². The lowest BCUT2D eigenvalue weighted by molar-refractivity contribution is 0.385. The first-order valence-electron chi connectivity index (χ1n) is 9.06. The molecule has 7 nitrogen and oxygen atoms in total. The summed E-state index contributed by atoms with van der Waals surface area (Å²) in [7, 11) is -3.15. The molecule has 1 aromatic heterocycles. The fourth-order valence-corrected chi connectivity index (χ4v) is 4.18. The van der Waals surface area contributed by atoms with Crippen molar-refractivity contribution in [2.75, 3.05) is 17.6 Å². The minimum atomic E-state index is -4.33. The Kier molecular flexibility index (Phi) is 5.35. The summed E-state index contributed by atoms with van der Waals surface area (Å²) in [6, 6.07) is 9.15. The first-order valence-corrected chi connectivity index (χ1v) is 10.5. The van der Waals surface area contributed by atoms with Gasteiger partial charge in [-0.1, -0.05) is 6.07 Å². The van der Waals surface area contributed by atoms with Crippen LogP contribution in [0.3, 0.4) is 0 Å². The van der Waals surface area contributed by atoms with Gasteiger partial charge >= 0.3 is 0 Å². The molecule has 0 radical (unpaired) electrons. The normalized spacial score (nSPS) is 11.5. The maximum Gasteiger partial charge on any atom is 0.262 e. The lowest BCUT2D eigenvalue weighted by Crippen LogP contribution is -2.15. The zero-order valence-electron chi connectivity index (χ0n) is 16.4. The molecule has 0 aliphatic rings. The molecular formula is C21H15F3N4O3S. The van der Waals surface area contributed by atoms with E-state index in [0.717, 1.165) is 30.3 Å². The monoisotopic (exact) mass is 460 g/mol. The maximum absolute atomic E-state index is 15.2. The number of ether oxygens (including phenoxy) is 1. The van der Waals surface area contributed by atoms with Crippen LogP contribution < -0.4 is 15.2 Å². The number of nitrogens with zero attached hydrogens (tertiary/aromatic N) is 2. The summed E-state index contributed by atoms with van der Waals surface area (Å²) in [5.74, 6) is -3.03. The van der Waals surface area contributed by atoms with E-state index in [4.69, 9.17) is 10.5 Å². The van der Waals surface area contributed by atoms with Gasteiger partial charge in [0.15, 0.2) is 17.4 Å². The quantitative estimate of drug-likeness (QED) is 0.464. The smallest absolute Gasteiger partial charge is 0.262 e. The highest BCUT2D eigenvalue weighted by atomic mass is 32.2. The molecule has 0 unspecified atom stereocenters. The summed E-state index contributed by atoms with van der Waals surface area (Å²) in [4.78, 5) is 7.52. The van der Waals surface area contributed by atoms with Crippen molar-refractivity contribution >= 4 is 32.6 Å². The molecular weight excluding hydrogens is 445 g/mol. The van der Waals surface area contributed by atoms with Gasteiger partial charge in [-0.2, -0.15) is 0 Å². The SMILES string of the molecule is COc1cc(S(=O)(=O)Nc2ccc(F)c(-c3ccc4nc(N)ncc4c3)c2F)ccc1F. The van der Waals surface area contributed by atoms with E-state index >= 15 is 4.39 Å². The van der Waals surface area contributed by atoms with Gasteiger partial charge in [0.05, 0.1) is 28.8 Å². The average molecular weight is 460 g/mol. The molecule has 0 saturated heterocycles. The molecule has 0 amide bonds. The summed E-state index contributed by atoms with van der Waals surface area (Å²) in [6.07, 6.45) is 1.41. The summed E-state index contributed by atoms with van der Waals surface area (Å²) in [6.45, 7) is 0. The Hall–Kier alpha value is -3.86. The number of sulfonamides is 1. The van der Waals surface area contributed by atoms with Crippen molar-refractivity contribution in [1.29, 1.82) is 0 Å². The van der Waals surface area contributed by atoms with Gasteiger partial charge in [0.1, 0.15) is 5.82 Å². The number of aromatic nitrogens is 2. The lowest BCUT2D eigenvalue weighted by atomic mass is 10.0. The van der Waals surface area contributed by atoms with Crippen molar-refractivity contribution in [3.05, 3.63) is 72.2 Å². The third kappa shape index (κ3) is 3.89. The van der Waals surface area contributed by atoms with Crippen LogP contribution in [0.1, 0.15) is 0 Å². The van der Waals surface area contributed by atoms with Crippen LogP contribution in [0.25, 0.3) is 22.0 Å². The van der Waals surface area contributed by atoms with Crippen molar-refractivity contribution in [3.8, 4) is 16.9 Å². The number of nitrogens with two attached hydrogens (primary N) is 1. The lowest BCUT2D eigenvalue weighted by Gasteiger charge is -2.13. The Labute approximate surface area is 180 Å². The topological polar surface area (TPSA) is 107 Å². The highest BCUT2D eigenvalue weighted by Gasteiger charge is 2.22. The molecule has 0 aliphatic heterocycles.